The molecule has 0 spiro atoms. The number of imide groups is 1. The molecule has 8 nitrogen and oxygen atoms in total. The Hall–Kier alpha value is -3.52. The first kappa shape index (κ1) is 21.0. The lowest BCUT2D eigenvalue weighted by Gasteiger charge is -2.14. The van der Waals surface area contributed by atoms with E-state index >= 15 is 0 Å². The Balaban J connectivity index is 1.18. The molecule has 174 valence electrons. The molecule has 4 atom stereocenters. The first-order valence-corrected chi connectivity index (χ1v) is 11.4. The Bertz CT molecular complexity index is 1230. The van der Waals surface area contributed by atoms with Gasteiger partial charge in [0.1, 0.15) is 6.61 Å². The molecule has 6 rings (SSSR count). The maximum absolute atomic E-state index is 12.8. The van der Waals surface area contributed by atoms with E-state index < -0.39 is 0 Å². The average Bonchev–Trinajstić information content (AvgIpc) is 3.61. The molecule has 0 N–H and O–H groups in total. The van der Waals surface area contributed by atoms with Crippen molar-refractivity contribution in [2.45, 2.75) is 13.0 Å². The molecule has 2 aliphatic heterocycles. The van der Waals surface area contributed by atoms with Gasteiger partial charge in [-0.1, -0.05) is 29.8 Å². The Labute approximate surface area is 200 Å². The molecule has 2 aromatic carbocycles. The molecule has 9 heteroatoms. The molecule has 2 aliphatic carbocycles. The highest BCUT2D eigenvalue weighted by molar-refractivity contribution is 6.32. The normalized spacial score (nSPS) is 26.1. The first-order valence-electron chi connectivity index (χ1n) is 11.0. The van der Waals surface area contributed by atoms with Crippen molar-refractivity contribution in [3.8, 4) is 23.0 Å². The van der Waals surface area contributed by atoms with Crippen molar-refractivity contribution in [3.05, 3.63) is 58.6 Å². The number of hydrogen-bond donors (Lipinski definition) is 0. The third-order valence-electron chi connectivity index (χ3n) is 6.84. The van der Waals surface area contributed by atoms with Gasteiger partial charge >= 0.3 is 0 Å². The Morgan fingerprint density at radius 3 is 2.56 bits per heavy atom. The highest BCUT2D eigenvalue weighted by atomic mass is 35.5. The van der Waals surface area contributed by atoms with E-state index in [1.165, 1.54) is 13.3 Å². The third-order valence-corrected chi connectivity index (χ3v) is 7.12. The zero-order chi connectivity index (χ0) is 23.4. The van der Waals surface area contributed by atoms with E-state index in [9.17, 15) is 9.59 Å². The lowest BCUT2D eigenvalue weighted by Crippen LogP contribution is -2.28. The molecule has 2 amide bonds. The maximum atomic E-state index is 12.8. The van der Waals surface area contributed by atoms with Gasteiger partial charge in [0.05, 0.1) is 30.2 Å². The second-order valence-electron chi connectivity index (χ2n) is 8.74. The molecule has 0 radical (unpaired) electrons. The van der Waals surface area contributed by atoms with Crippen molar-refractivity contribution in [2.24, 2.45) is 28.8 Å². The molecule has 0 aromatic heterocycles. The number of methoxy groups -OCH3 is 1. The van der Waals surface area contributed by atoms with Crippen molar-refractivity contribution >= 4 is 29.6 Å². The number of carbonyl (C=O) groups is 2. The quantitative estimate of drug-likeness (QED) is 0.355. The number of allylic oxidation sites excluding steroid dienone is 2. The molecule has 2 fully saturated rings. The van der Waals surface area contributed by atoms with Crippen LogP contribution in [0.15, 0.2) is 47.6 Å². The van der Waals surface area contributed by atoms with Gasteiger partial charge in [-0.15, -0.1) is 0 Å². The van der Waals surface area contributed by atoms with Gasteiger partial charge in [-0.25, -0.2) is 0 Å². The summed E-state index contributed by atoms with van der Waals surface area (Å²) in [7, 11) is 1.51. The molecule has 2 bridgehead atoms. The summed E-state index contributed by atoms with van der Waals surface area (Å²) in [5.74, 6) is 1.40. The number of nitrogens with zero attached hydrogens (tertiary/aromatic N) is 2. The minimum atomic E-state index is -0.287. The Kier molecular flexibility index (Phi) is 4.99. The van der Waals surface area contributed by atoms with E-state index in [4.69, 9.17) is 30.5 Å². The highest BCUT2D eigenvalue weighted by Gasteiger charge is 2.59. The van der Waals surface area contributed by atoms with Gasteiger partial charge in [0.2, 0.25) is 6.79 Å². The van der Waals surface area contributed by atoms with Crippen LogP contribution in [-0.4, -0.2) is 36.9 Å². The van der Waals surface area contributed by atoms with Gasteiger partial charge in [-0.2, -0.15) is 10.1 Å². The zero-order valence-electron chi connectivity index (χ0n) is 18.3. The van der Waals surface area contributed by atoms with Crippen molar-refractivity contribution in [1.29, 1.82) is 0 Å². The summed E-state index contributed by atoms with van der Waals surface area (Å²) in [5.41, 5.74) is 1.46. The second kappa shape index (κ2) is 8.06. The SMILES string of the molecule is COc1cc(C=NN2C(=O)[C@@H]3[C@H](C2=O)[C@H]2C=C[C@H]3C2)cc(Cl)c1OCc1ccc2c(c1)OCO2. The number of amides is 2. The van der Waals surface area contributed by atoms with Crippen molar-refractivity contribution in [2.75, 3.05) is 13.9 Å². The van der Waals surface area contributed by atoms with Gasteiger partial charge < -0.3 is 18.9 Å². The van der Waals surface area contributed by atoms with E-state index in [1.807, 2.05) is 18.2 Å². The van der Waals surface area contributed by atoms with Crippen molar-refractivity contribution < 1.29 is 28.5 Å². The van der Waals surface area contributed by atoms with E-state index in [-0.39, 0.29) is 48.9 Å². The third kappa shape index (κ3) is 3.32. The number of rotatable bonds is 6. The number of halogens is 1. The predicted molar refractivity (Wildman–Crippen MR) is 122 cm³/mol. The van der Waals surface area contributed by atoms with Crippen LogP contribution in [0.4, 0.5) is 0 Å². The summed E-state index contributed by atoms with van der Waals surface area (Å²) >= 11 is 6.48. The van der Waals surface area contributed by atoms with Gasteiger partial charge in [0, 0.05) is 0 Å². The number of hydrazone groups is 1. The van der Waals surface area contributed by atoms with Crippen LogP contribution >= 0.6 is 11.6 Å². The summed E-state index contributed by atoms with van der Waals surface area (Å²) in [6, 6.07) is 8.91. The fourth-order valence-electron chi connectivity index (χ4n) is 5.27. The predicted octanol–water partition coefficient (Wildman–Crippen LogP) is 3.80. The minimum Gasteiger partial charge on any atom is -0.493 e. The monoisotopic (exact) mass is 480 g/mol. The fourth-order valence-corrected chi connectivity index (χ4v) is 5.54. The molecular weight excluding hydrogens is 460 g/mol. The van der Waals surface area contributed by atoms with Crippen LogP contribution < -0.4 is 18.9 Å². The summed E-state index contributed by atoms with van der Waals surface area (Å²) in [6.07, 6.45) is 6.43. The van der Waals surface area contributed by atoms with E-state index in [0.29, 0.717) is 33.6 Å². The molecule has 1 saturated heterocycles. The molecular formula is C25H21ClN2O6. The van der Waals surface area contributed by atoms with Crippen LogP contribution in [0.2, 0.25) is 5.02 Å². The molecule has 34 heavy (non-hydrogen) atoms. The van der Waals surface area contributed by atoms with Gasteiger partial charge in [-0.3, -0.25) is 9.59 Å². The smallest absolute Gasteiger partial charge is 0.254 e. The minimum absolute atomic E-state index is 0.141. The average molecular weight is 481 g/mol. The summed E-state index contributed by atoms with van der Waals surface area (Å²) < 4.78 is 22.1. The second-order valence-corrected chi connectivity index (χ2v) is 9.15. The van der Waals surface area contributed by atoms with Crippen LogP contribution in [0.1, 0.15) is 17.5 Å². The van der Waals surface area contributed by atoms with Gasteiger partial charge in [-0.05, 0) is 53.6 Å². The molecule has 4 aliphatic rings. The van der Waals surface area contributed by atoms with E-state index in [1.54, 1.807) is 12.1 Å². The first-order chi connectivity index (χ1) is 16.5. The lowest BCUT2D eigenvalue weighted by atomic mass is 9.85. The summed E-state index contributed by atoms with van der Waals surface area (Å²) in [5, 5.41) is 5.53. The summed E-state index contributed by atoms with van der Waals surface area (Å²) in [4.78, 5) is 25.6. The number of benzene rings is 2. The molecule has 0 unspecified atom stereocenters. The molecule has 1 saturated carbocycles. The van der Waals surface area contributed by atoms with E-state index in [2.05, 4.69) is 17.3 Å². The van der Waals surface area contributed by atoms with E-state index in [0.717, 1.165) is 17.0 Å². The molecule has 2 aromatic rings. The van der Waals surface area contributed by atoms with Crippen LogP contribution in [0, 0.1) is 23.7 Å². The standard InChI is InChI=1S/C25H21ClN2O6/c1-31-20-8-14(10-27-28-24(29)21-15-3-4-16(9-15)22(21)25(28)30)6-17(26)23(20)32-11-13-2-5-18-19(7-13)34-12-33-18/h2-8,10,15-16,21-22H,9,11-12H2,1H3/t15-,16-,21-,22+/m0/s1. The number of fused-ring (bicyclic) bond motifs is 6. The topological polar surface area (TPSA) is 86.7 Å². The number of carbonyl (C=O) groups excluding carboxylic acids is 2. The maximum Gasteiger partial charge on any atom is 0.254 e. The van der Waals surface area contributed by atoms with Gasteiger partial charge in [0.15, 0.2) is 23.0 Å². The van der Waals surface area contributed by atoms with Crippen LogP contribution in [0.5, 0.6) is 23.0 Å². The number of hydrogen-bond acceptors (Lipinski definition) is 7. The van der Waals surface area contributed by atoms with Crippen LogP contribution in [0.3, 0.4) is 0 Å². The Morgan fingerprint density at radius 1 is 1.09 bits per heavy atom. The largest absolute Gasteiger partial charge is 0.493 e. The van der Waals surface area contributed by atoms with Crippen molar-refractivity contribution in [1.82, 2.24) is 5.01 Å². The Morgan fingerprint density at radius 2 is 1.82 bits per heavy atom. The van der Waals surface area contributed by atoms with Crippen molar-refractivity contribution in [3.63, 3.8) is 0 Å². The highest BCUT2D eigenvalue weighted by Crippen LogP contribution is 2.52. The summed E-state index contributed by atoms with van der Waals surface area (Å²) in [6.45, 7) is 0.451. The van der Waals surface area contributed by atoms with Crippen LogP contribution in [-0.2, 0) is 16.2 Å². The van der Waals surface area contributed by atoms with Gasteiger partial charge in [0.25, 0.3) is 11.8 Å². The lowest BCUT2D eigenvalue weighted by molar-refractivity contribution is -0.140. The zero-order valence-corrected chi connectivity index (χ0v) is 19.0. The molecule has 2 heterocycles. The fraction of sp³-hybridized carbons (Fsp3) is 0.320. The number of ether oxygens (including phenoxy) is 4. The van der Waals surface area contributed by atoms with Crippen LogP contribution in [0.25, 0.3) is 0 Å².